The van der Waals surface area contributed by atoms with Gasteiger partial charge in [0.2, 0.25) is 0 Å². The van der Waals surface area contributed by atoms with Crippen molar-refractivity contribution < 1.29 is 27.1 Å². The predicted octanol–water partition coefficient (Wildman–Crippen LogP) is 3.49. The van der Waals surface area contributed by atoms with Gasteiger partial charge in [-0.1, -0.05) is 17.7 Å². The highest BCUT2D eigenvalue weighted by atomic mass is 35.5. The molecule has 0 aliphatic carbocycles. The highest BCUT2D eigenvalue weighted by Gasteiger charge is 2.38. The van der Waals surface area contributed by atoms with Gasteiger partial charge in [-0.15, -0.1) is 11.3 Å². The highest BCUT2D eigenvalue weighted by molar-refractivity contribution is 7.76. The minimum Gasteiger partial charge on any atom is -0.760 e. The number of allylic oxidation sites excluding steroid dienone is 1. The first-order valence-corrected chi connectivity index (χ1v) is 12.7. The summed E-state index contributed by atoms with van der Waals surface area (Å²) in [5.41, 5.74) is 0.715. The lowest BCUT2D eigenvalue weighted by molar-refractivity contribution is -0.139. The van der Waals surface area contributed by atoms with E-state index in [2.05, 4.69) is 15.3 Å². The number of esters is 1. The Bertz CT molecular complexity index is 1170. The molecule has 3 heterocycles. The van der Waals surface area contributed by atoms with Crippen LogP contribution in [0.2, 0.25) is 5.02 Å². The van der Waals surface area contributed by atoms with E-state index in [9.17, 15) is 22.3 Å². The zero-order valence-corrected chi connectivity index (χ0v) is 20.3. The van der Waals surface area contributed by atoms with Crippen molar-refractivity contribution in [3.05, 3.63) is 62.2 Å². The minimum absolute atomic E-state index is 0.0878. The zero-order chi connectivity index (χ0) is 24.4. The van der Waals surface area contributed by atoms with Crippen LogP contribution in [0, 0.1) is 17.6 Å². The topological polar surface area (TPSA) is 107 Å². The van der Waals surface area contributed by atoms with Crippen LogP contribution in [0.25, 0.3) is 0 Å². The second kappa shape index (κ2) is 10.6. The Labute approximate surface area is 206 Å². The van der Waals surface area contributed by atoms with Crippen LogP contribution in [0.3, 0.4) is 0 Å². The highest BCUT2D eigenvalue weighted by Crippen LogP contribution is 2.40. The number of hydrogen-bond donors (Lipinski definition) is 1. The maximum absolute atomic E-state index is 14.4. The van der Waals surface area contributed by atoms with E-state index in [1.807, 2.05) is 0 Å². The van der Waals surface area contributed by atoms with E-state index in [0.29, 0.717) is 29.4 Å². The van der Waals surface area contributed by atoms with Crippen molar-refractivity contribution in [2.75, 3.05) is 19.7 Å². The molecule has 2 aromatic rings. The first-order valence-electron chi connectivity index (χ1n) is 10.4. The Morgan fingerprint density at radius 1 is 1.38 bits per heavy atom. The Morgan fingerprint density at radius 2 is 2.12 bits per heavy atom. The van der Waals surface area contributed by atoms with Crippen LogP contribution < -0.4 is 5.32 Å². The molecule has 1 fully saturated rings. The van der Waals surface area contributed by atoms with E-state index in [1.54, 1.807) is 18.5 Å². The Hall–Kier alpha value is -2.25. The third-order valence-corrected chi connectivity index (χ3v) is 7.59. The SMILES string of the molecule is CCOC(=O)C1=C(C2CCN(S(=O)[O-])CC2)NC(c2nccs2)=N[C@@H]1c1ccc(F)c(F)c1Cl. The second-order valence-electron chi connectivity index (χ2n) is 7.58. The molecule has 2 aliphatic rings. The quantitative estimate of drug-likeness (QED) is 0.349. The van der Waals surface area contributed by atoms with E-state index in [1.165, 1.54) is 21.7 Å². The average Bonchev–Trinajstić information content (AvgIpc) is 3.37. The van der Waals surface area contributed by atoms with Gasteiger partial charge in [0.1, 0.15) is 6.04 Å². The van der Waals surface area contributed by atoms with Gasteiger partial charge in [0, 0.05) is 53.1 Å². The molecule has 0 spiro atoms. The lowest BCUT2D eigenvalue weighted by atomic mass is 9.86. The summed E-state index contributed by atoms with van der Waals surface area (Å²) in [4.78, 5) is 22.0. The molecule has 13 heteroatoms. The molecule has 1 unspecified atom stereocenters. The molecular weight excluding hydrogens is 510 g/mol. The number of ether oxygens (including phenoxy) is 1. The maximum Gasteiger partial charge on any atom is 0.338 e. The minimum atomic E-state index is -2.34. The van der Waals surface area contributed by atoms with Crippen molar-refractivity contribution in [2.45, 2.75) is 25.8 Å². The molecule has 1 aromatic carbocycles. The number of thiazole rings is 1. The number of piperidine rings is 1. The standard InChI is InChI=1S/C21H21ClF2N4O4S2/c1-2-32-21(29)14-17(11-5-8-28(9-6-11)34(30)31)26-19(20-25-7-10-33-20)27-18(14)12-3-4-13(23)16(24)15(12)22/h3-4,7,10-11,18H,2,5-6,8-9H2,1H3,(H,26,27)(H,30,31)/p-1/t18-/m1/s1. The Morgan fingerprint density at radius 3 is 2.74 bits per heavy atom. The van der Waals surface area contributed by atoms with Gasteiger partial charge in [-0.2, -0.15) is 0 Å². The number of aliphatic imine (C=N–C) groups is 1. The maximum atomic E-state index is 14.4. The third kappa shape index (κ3) is 4.91. The van der Waals surface area contributed by atoms with Gasteiger partial charge in [-0.25, -0.2) is 22.9 Å². The molecule has 2 aliphatic heterocycles. The Balaban J connectivity index is 1.85. The molecule has 2 atom stereocenters. The number of amidine groups is 1. The summed E-state index contributed by atoms with van der Waals surface area (Å²) in [6.45, 7) is 2.27. The lowest BCUT2D eigenvalue weighted by Crippen LogP contribution is -2.42. The van der Waals surface area contributed by atoms with Crippen LogP contribution in [0.1, 0.15) is 36.4 Å². The normalized spacial score (nSPS) is 20.6. The summed E-state index contributed by atoms with van der Waals surface area (Å²) in [5.74, 6) is -2.92. The molecule has 0 radical (unpaired) electrons. The summed E-state index contributed by atoms with van der Waals surface area (Å²) in [6.07, 6.45) is 2.46. The Kier molecular flexibility index (Phi) is 7.73. The monoisotopic (exact) mass is 529 g/mol. The van der Waals surface area contributed by atoms with Crippen molar-refractivity contribution in [3.63, 3.8) is 0 Å². The number of halogens is 3. The van der Waals surface area contributed by atoms with Crippen molar-refractivity contribution in [3.8, 4) is 0 Å². The van der Waals surface area contributed by atoms with Crippen LogP contribution in [-0.4, -0.2) is 49.6 Å². The fraction of sp³-hybridized carbons (Fsp3) is 0.381. The van der Waals surface area contributed by atoms with Crippen LogP contribution >= 0.6 is 22.9 Å². The molecule has 4 rings (SSSR count). The van der Waals surface area contributed by atoms with Gasteiger partial charge in [-0.3, -0.25) is 9.20 Å². The predicted molar refractivity (Wildman–Crippen MR) is 123 cm³/mol. The average molecular weight is 530 g/mol. The number of aromatic nitrogens is 1. The van der Waals surface area contributed by atoms with Crippen molar-refractivity contribution >= 4 is 46.0 Å². The molecule has 34 heavy (non-hydrogen) atoms. The number of nitrogens with zero attached hydrogens (tertiary/aromatic N) is 3. The summed E-state index contributed by atoms with van der Waals surface area (Å²) >= 11 is 5.14. The summed E-state index contributed by atoms with van der Waals surface area (Å²) < 4.78 is 57.5. The number of rotatable bonds is 6. The van der Waals surface area contributed by atoms with E-state index in [-0.39, 0.29) is 36.8 Å². The fourth-order valence-corrected chi connectivity index (χ4v) is 5.39. The van der Waals surface area contributed by atoms with Gasteiger partial charge in [0.15, 0.2) is 22.5 Å². The number of carbonyl (C=O) groups is 1. The molecule has 1 saturated heterocycles. The summed E-state index contributed by atoms with van der Waals surface area (Å²) in [6, 6.07) is 1.14. The summed E-state index contributed by atoms with van der Waals surface area (Å²) in [5, 5.41) is 5.00. The number of nitrogens with one attached hydrogen (secondary N) is 1. The lowest BCUT2D eigenvalue weighted by Gasteiger charge is -2.37. The van der Waals surface area contributed by atoms with Crippen LogP contribution in [0.5, 0.6) is 0 Å². The zero-order valence-electron chi connectivity index (χ0n) is 17.9. The molecule has 1 aromatic heterocycles. The number of carbonyl (C=O) groups excluding carboxylic acids is 1. The van der Waals surface area contributed by atoms with Crippen molar-refractivity contribution in [2.24, 2.45) is 10.9 Å². The van der Waals surface area contributed by atoms with E-state index < -0.39 is 39.9 Å². The van der Waals surface area contributed by atoms with Crippen LogP contribution in [-0.2, 0) is 20.8 Å². The van der Waals surface area contributed by atoms with Gasteiger partial charge in [0.25, 0.3) is 0 Å². The van der Waals surface area contributed by atoms with Crippen molar-refractivity contribution in [1.82, 2.24) is 14.6 Å². The van der Waals surface area contributed by atoms with Crippen LogP contribution in [0.15, 0.2) is 40.0 Å². The molecule has 0 amide bonds. The molecule has 182 valence electrons. The molecule has 0 bridgehead atoms. The molecule has 8 nitrogen and oxygen atoms in total. The van der Waals surface area contributed by atoms with E-state index in [0.717, 1.165) is 6.07 Å². The third-order valence-electron chi connectivity index (χ3n) is 5.64. The molecular formula is C21H20ClF2N4O4S2-. The van der Waals surface area contributed by atoms with Gasteiger partial charge in [0.05, 0.1) is 17.2 Å². The van der Waals surface area contributed by atoms with E-state index in [4.69, 9.17) is 16.3 Å². The molecule has 1 N–H and O–H groups in total. The van der Waals surface area contributed by atoms with Crippen LogP contribution in [0.4, 0.5) is 8.78 Å². The first kappa shape index (κ1) is 24.9. The van der Waals surface area contributed by atoms with Gasteiger partial charge >= 0.3 is 5.97 Å². The van der Waals surface area contributed by atoms with Gasteiger partial charge < -0.3 is 14.6 Å². The molecule has 0 saturated carbocycles. The van der Waals surface area contributed by atoms with E-state index >= 15 is 0 Å². The van der Waals surface area contributed by atoms with Crippen molar-refractivity contribution in [1.29, 1.82) is 0 Å². The fourth-order valence-electron chi connectivity index (χ4n) is 4.04. The number of hydrogen-bond acceptors (Lipinski definition) is 8. The summed E-state index contributed by atoms with van der Waals surface area (Å²) in [7, 11) is 0. The first-order chi connectivity index (χ1) is 16.3. The second-order valence-corrected chi connectivity index (χ2v) is 9.80. The smallest absolute Gasteiger partial charge is 0.338 e. The largest absolute Gasteiger partial charge is 0.760 e. The van der Waals surface area contributed by atoms with Gasteiger partial charge in [-0.05, 0) is 25.8 Å². The number of benzene rings is 1.